The number of hydrogen-bond donors (Lipinski definition) is 2. The number of pyridine rings is 1. The number of nitrogens with one attached hydrogen (secondary N) is 2. The summed E-state index contributed by atoms with van der Waals surface area (Å²) in [4.78, 5) is 29.2. The van der Waals surface area contributed by atoms with Crippen LogP contribution >= 0.6 is 0 Å². The van der Waals surface area contributed by atoms with E-state index in [1.54, 1.807) is 17.1 Å². The maximum atomic E-state index is 12.6. The van der Waals surface area contributed by atoms with Gasteiger partial charge in [0.05, 0.1) is 33.4 Å². The van der Waals surface area contributed by atoms with Gasteiger partial charge in [0.25, 0.3) is 5.91 Å². The van der Waals surface area contributed by atoms with Crippen LogP contribution in [0.3, 0.4) is 0 Å². The summed E-state index contributed by atoms with van der Waals surface area (Å²) in [6, 6.07) is 11.3. The summed E-state index contributed by atoms with van der Waals surface area (Å²) in [6.07, 6.45) is 0.896. The maximum Gasteiger partial charge on any atom is 0.256 e. The summed E-state index contributed by atoms with van der Waals surface area (Å²) < 4.78 is 10.2. The molecule has 11 heteroatoms. The van der Waals surface area contributed by atoms with Crippen molar-refractivity contribution in [1.82, 2.24) is 20.6 Å². The van der Waals surface area contributed by atoms with E-state index in [0.29, 0.717) is 18.0 Å². The molecule has 34 heavy (non-hydrogen) atoms. The third kappa shape index (κ3) is 5.98. The van der Waals surface area contributed by atoms with E-state index in [-0.39, 0.29) is 36.3 Å². The second kappa shape index (κ2) is 11.6. The van der Waals surface area contributed by atoms with Crippen LogP contribution in [0.25, 0.3) is 0 Å². The van der Waals surface area contributed by atoms with Gasteiger partial charge in [-0.1, -0.05) is 36.4 Å². The van der Waals surface area contributed by atoms with Crippen molar-refractivity contribution >= 4 is 11.8 Å². The second-order valence-electron chi connectivity index (χ2n) is 7.47. The van der Waals surface area contributed by atoms with Crippen LogP contribution in [0.15, 0.2) is 46.7 Å². The van der Waals surface area contributed by atoms with Crippen LogP contribution in [-0.4, -0.2) is 61.7 Å². The molecule has 2 amide bonds. The standard InChI is InChI=1S/C23H27N7O4/c1-4-15-5-7-16(8-6-15)18(13-24)26-22(32)19-14-30(29-28-19)12-11-25-21(31)17-9-10-20(33-2)27-23(17)34-3/h5-10,18-19H,4,11-12,14H2,1-3H3,(H,25,31)(H,26,32). The Labute approximate surface area is 197 Å². The molecule has 0 bridgehead atoms. The molecule has 2 atom stereocenters. The van der Waals surface area contributed by atoms with Crippen molar-refractivity contribution in [2.45, 2.75) is 25.4 Å². The number of hydrogen-bond acceptors (Lipinski definition) is 9. The van der Waals surface area contributed by atoms with Crippen molar-refractivity contribution in [3.05, 3.63) is 53.1 Å². The van der Waals surface area contributed by atoms with Gasteiger partial charge in [-0.05, 0) is 23.6 Å². The Hall–Kier alpha value is -4.20. The zero-order valence-electron chi connectivity index (χ0n) is 19.3. The lowest BCUT2D eigenvalue weighted by molar-refractivity contribution is -0.122. The van der Waals surface area contributed by atoms with Gasteiger partial charge in [-0.3, -0.25) is 14.6 Å². The van der Waals surface area contributed by atoms with Gasteiger partial charge in [0.1, 0.15) is 11.6 Å². The van der Waals surface area contributed by atoms with Crippen LogP contribution in [0, 0.1) is 11.3 Å². The highest BCUT2D eigenvalue weighted by Gasteiger charge is 2.28. The van der Waals surface area contributed by atoms with Crippen LogP contribution in [0.5, 0.6) is 11.8 Å². The van der Waals surface area contributed by atoms with Crippen LogP contribution in [0.1, 0.15) is 34.5 Å². The molecule has 1 aliphatic heterocycles. The number of carbonyl (C=O) groups excluding carboxylic acids is 2. The highest BCUT2D eigenvalue weighted by Crippen LogP contribution is 2.20. The molecule has 2 unspecified atom stereocenters. The number of ether oxygens (including phenoxy) is 2. The molecule has 178 valence electrons. The fourth-order valence-corrected chi connectivity index (χ4v) is 3.31. The number of methoxy groups -OCH3 is 2. The molecule has 1 aromatic carbocycles. The minimum absolute atomic E-state index is 0.158. The molecule has 0 radical (unpaired) electrons. The van der Waals surface area contributed by atoms with E-state index in [2.05, 4.69) is 32.0 Å². The summed E-state index contributed by atoms with van der Waals surface area (Å²) >= 11 is 0. The summed E-state index contributed by atoms with van der Waals surface area (Å²) in [5, 5.41) is 24.6. The predicted octanol–water partition coefficient (Wildman–Crippen LogP) is 1.82. The van der Waals surface area contributed by atoms with Gasteiger partial charge in [-0.2, -0.15) is 15.4 Å². The van der Waals surface area contributed by atoms with Crippen LogP contribution in [0.4, 0.5) is 0 Å². The predicted molar refractivity (Wildman–Crippen MR) is 122 cm³/mol. The summed E-state index contributed by atoms with van der Waals surface area (Å²) in [5.74, 6) is -0.239. The minimum Gasteiger partial charge on any atom is -0.481 e. The molecule has 0 saturated carbocycles. The van der Waals surface area contributed by atoms with Gasteiger partial charge in [0.2, 0.25) is 17.7 Å². The number of aryl methyl sites for hydroxylation is 1. The first-order valence-electron chi connectivity index (χ1n) is 10.8. The number of carbonyl (C=O) groups is 2. The first kappa shape index (κ1) is 24.4. The Morgan fingerprint density at radius 2 is 1.97 bits per heavy atom. The van der Waals surface area contributed by atoms with E-state index < -0.39 is 12.1 Å². The Morgan fingerprint density at radius 1 is 1.21 bits per heavy atom. The summed E-state index contributed by atoms with van der Waals surface area (Å²) in [6.45, 7) is 2.92. The average molecular weight is 466 g/mol. The second-order valence-corrected chi connectivity index (χ2v) is 7.47. The Kier molecular flexibility index (Phi) is 8.34. The largest absolute Gasteiger partial charge is 0.481 e. The fraction of sp³-hybridized carbons (Fsp3) is 0.391. The molecule has 1 aliphatic rings. The highest BCUT2D eigenvalue weighted by atomic mass is 16.5. The van der Waals surface area contributed by atoms with E-state index >= 15 is 0 Å². The third-order valence-electron chi connectivity index (χ3n) is 5.28. The molecular weight excluding hydrogens is 438 g/mol. The van der Waals surface area contributed by atoms with Gasteiger partial charge in [-0.15, -0.1) is 0 Å². The minimum atomic E-state index is -0.768. The van der Waals surface area contributed by atoms with Crippen molar-refractivity contribution < 1.29 is 19.1 Å². The van der Waals surface area contributed by atoms with E-state index in [9.17, 15) is 14.9 Å². The van der Waals surface area contributed by atoms with Crippen molar-refractivity contribution in [3.63, 3.8) is 0 Å². The molecule has 0 aliphatic carbocycles. The van der Waals surface area contributed by atoms with Crippen molar-refractivity contribution in [1.29, 1.82) is 5.26 Å². The lowest BCUT2D eigenvalue weighted by Crippen LogP contribution is -2.40. The molecule has 1 aromatic heterocycles. The molecule has 0 spiro atoms. The lowest BCUT2D eigenvalue weighted by Gasteiger charge is -2.16. The maximum absolute atomic E-state index is 12.6. The quantitative estimate of drug-likeness (QED) is 0.545. The van der Waals surface area contributed by atoms with Gasteiger partial charge in [0.15, 0.2) is 6.04 Å². The van der Waals surface area contributed by atoms with Gasteiger partial charge in [0, 0.05) is 12.6 Å². The lowest BCUT2D eigenvalue weighted by atomic mass is 10.0. The summed E-state index contributed by atoms with van der Waals surface area (Å²) in [7, 11) is 2.90. The first-order chi connectivity index (χ1) is 16.5. The number of nitriles is 1. The number of amides is 2. The van der Waals surface area contributed by atoms with Crippen LogP contribution < -0.4 is 20.1 Å². The van der Waals surface area contributed by atoms with Gasteiger partial charge < -0.3 is 20.1 Å². The van der Waals surface area contributed by atoms with Crippen LogP contribution in [0.2, 0.25) is 0 Å². The number of rotatable bonds is 10. The smallest absolute Gasteiger partial charge is 0.256 e. The number of aromatic nitrogens is 1. The monoisotopic (exact) mass is 465 g/mol. The van der Waals surface area contributed by atoms with E-state index in [1.807, 2.05) is 31.2 Å². The highest BCUT2D eigenvalue weighted by molar-refractivity contribution is 5.96. The average Bonchev–Trinajstić information content (AvgIpc) is 3.35. The number of benzene rings is 1. The third-order valence-corrected chi connectivity index (χ3v) is 5.28. The normalized spacial score (nSPS) is 15.4. The van der Waals surface area contributed by atoms with Crippen molar-refractivity contribution in [2.75, 3.05) is 33.9 Å². The van der Waals surface area contributed by atoms with Gasteiger partial charge in [-0.25, -0.2) is 0 Å². The molecule has 0 saturated heterocycles. The van der Waals surface area contributed by atoms with E-state index in [4.69, 9.17) is 9.47 Å². The molecule has 2 N–H and O–H groups in total. The molecule has 3 rings (SSSR count). The van der Waals surface area contributed by atoms with Crippen LogP contribution in [-0.2, 0) is 11.2 Å². The first-order valence-corrected chi connectivity index (χ1v) is 10.8. The Bertz CT molecular complexity index is 1080. The number of nitrogens with zero attached hydrogens (tertiary/aromatic N) is 5. The van der Waals surface area contributed by atoms with Crippen molar-refractivity contribution in [2.24, 2.45) is 10.3 Å². The Morgan fingerprint density at radius 3 is 2.62 bits per heavy atom. The SMILES string of the molecule is CCc1ccc(C(C#N)NC(=O)C2CN(CCNC(=O)c3ccc(OC)nc3OC)N=N2)cc1. The fourth-order valence-electron chi connectivity index (χ4n) is 3.31. The summed E-state index contributed by atoms with van der Waals surface area (Å²) in [5.41, 5.74) is 2.14. The molecular formula is C23H27N7O4. The van der Waals surface area contributed by atoms with E-state index in [1.165, 1.54) is 14.2 Å². The molecule has 11 nitrogen and oxygen atoms in total. The van der Waals surface area contributed by atoms with Crippen molar-refractivity contribution in [3.8, 4) is 17.8 Å². The molecule has 2 aromatic rings. The van der Waals surface area contributed by atoms with Gasteiger partial charge >= 0.3 is 0 Å². The zero-order valence-corrected chi connectivity index (χ0v) is 19.3. The Balaban J connectivity index is 1.47. The zero-order chi connectivity index (χ0) is 24.5. The molecule has 2 heterocycles. The van der Waals surface area contributed by atoms with E-state index in [0.717, 1.165) is 12.0 Å². The topological polar surface area (TPSA) is 141 Å². The molecule has 0 fully saturated rings.